The molecule has 3 nitrogen and oxygen atoms in total. The highest BCUT2D eigenvalue weighted by Crippen LogP contribution is 2.10. The lowest BCUT2D eigenvalue weighted by Gasteiger charge is -2.34. The van der Waals surface area contributed by atoms with Crippen LogP contribution < -0.4 is 5.73 Å². The number of rotatable bonds is 8. The van der Waals surface area contributed by atoms with Gasteiger partial charge in [0.2, 0.25) is 0 Å². The lowest BCUT2D eigenvalue weighted by Crippen LogP contribution is -2.49. The second kappa shape index (κ2) is 8.90. The molecule has 0 aromatic carbocycles. The van der Waals surface area contributed by atoms with Crippen LogP contribution >= 0.6 is 0 Å². The molecule has 0 aromatic rings. The Morgan fingerprint density at radius 1 is 1.24 bits per heavy atom. The fourth-order valence-corrected chi connectivity index (χ4v) is 2.37. The van der Waals surface area contributed by atoms with Crippen molar-refractivity contribution < 1.29 is 4.74 Å². The van der Waals surface area contributed by atoms with Crippen molar-refractivity contribution in [3.8, 4) is 0 Å². The minimum Gasteiger partial charge on any atom is -0.374 e. The maximum Gasteiger partial charge on any atom is 0.0850 e. The van der Waals surface area contributed by atoms with Crippen molar-refractivity contribution in [1.29, 1.82) is 0 Å². The summed E-state index contributed by atoms with van der Waals surface area (Å²) < 4.78 is 5.66. The number of hydrogen-bond acceptors (Lipinski definition) is 3. The van der Waals surface area contributed by atoms with Gasteiger partial charge in [0.1, 0.15) is 0 Å². The predicted molar refractivity (Wildman–Crippen MR) is 73.2 cm³/mol. The van der Waals surface area contributed by atoms with E-state index in [2.05, 4.69) is 11.8 Å². The van der Waals surface area contributed by atoms with Crippen molar-refractivity contribution in [3.05, 3.63) is 0 Å². The Bertz CT molecular complexity index is 185. The Morgan fingerprint density at radius 2 is 1.94 bits per heavy atom. The Hall–Kier alpha value is -0.120. The molecule has 0 aromatic heterocycles. The summed E-state index contributed by atoms with van der Waals surface area (Å²) in [5.41, 5.74) is 5.89. The fraction of sp³-hybridized carbons (Fsp3) is 1.00. The van der Waals surface area contributed by atoms with Crippen LogP contribution in [0.2, 0.25) is 0 Å². The molecule has 0 radical (unpaired) electrons. The van der Waals surface area contributed by atoms with Crippen molar-refractivity contribution in [2.45, 2.75) is 64.5 Å². The first-order valence-corrected chi connectivity index (χ1v) is 7.33. The molecule has 2 unspecified atom stereocenters. The van der Waals surface area contributed by atoms with Crippen molar-refractivity contribution >= 4 is 0 Å². The Morgan fingerprint density at radius 3 is 2.65 bits per heavy atom. The summed E-state index contributed by atoms with van der Waals surface area (Å²) in [6.45, 7) is 8.48. The molecule has 0 saturated carbocycles. The second-order valence-electron chi connectivity index (χ2n) is 5.34. The first-order valence-electron chi connectivity index (χ1n) is 7.33. The van der Waals surface area contributed by atoms with Gasteiger partial charge in [-0.3, -0.25) is 4.90 Å². The minimum atomic E-state index is 0.155. The molecule has 0 aliphatic carbocycles. The molecule has 1 saturated heterocycles. The average Bonchev–Trinajstić information content (AvgIpc) is 2.34. The Kier molecular flexibility index (Phi) is 7.82. The molecule has 1 fully saturated rings. The lowest BCUT2D eigenvalue weighted by molar-refractivity contribution is -0.0379. The number of hydrogen-bond donors (Lipinski definition) is 1. The van der Waals surface area contributed by atoms with E-state index in [4.69, 9.17) is 10.5 Å². The van der Waals surface area contributed by atoms with Crippen LogP contribution in [-0.2, 0) is 4.74 Å². The standard InChI is InChI=1S/C14H30N2O/c1-3-4-5-6-7-8-9-16-10-11-17-14(12-16)13(2)15/h13-14H,3-12,15H2,1-2H3. The van der Waals surface area contributed by atoms with Crippen molar-refractivity contribution in [3.63, 3.8) is 0 Å². The summed E-state index contributed by atoms with van der Waals surface area (Å²) in [5.74, 6) is 0. The Labute approximate surface area is 107 Å². The highest BCUT2D eigenvalue weighted by atomic mass is 16.5. The summed E-state index contributed by atoms with van der Waals surface area (Å²) in [6, 6.07) is 0.155. The summed E-state index contributed by atoms with van der Waals surface area (Å²) >= 11 is 0. The smallest absolute Gasteiger partial charge is 0.0850 e. The van der Waals surface area contributed by atoms with Gasteiger partial charge in [-0.2, -0.15) is 0 Å². The largest absolute Gasteiger partial charge is 0.374 e. The molecular weight excluding hydrogens is 212 g/mol. The molecule has 1 aliphatic heterocycles. The van der Waals surface area contributed by atoms with E-state index in [0.717, 1.165) is 19.7 Å². The Balaban J connectivity index is 2.02. The minimum absolute atomic E-state index is 0.155. The van der Waals surface area contributed by atoms with E-state index >= 15 is 0 Å². The zero-order chi connectivity index (χ0) is 12.5. The van der Waals surface area contributed by atoms with Gasteiger partial charge in [-0.1, -0.05) is 39.0 Å². The quantitative estimate of drug-likeness (QED) is 0.664. The lowest BCUT2D eigenvalue weighted by atomic mass is 10.1. The zero-order valence-corrected chi connectivity index (χ0v) is 11.7. The van der Waals surface area contributed by atoms with Gasteiger partial charge >= 0.3 is 0 Å². The number of ether oxygens (including phenoxy) is 1. The van der Waals surface area contributed by atoms with Crippen LogP contribution in [0.25, 0.3) is 0 Å². The molecule has 1 rings (SSSR count). The maximum atomic E-state index is 5.89. The van der Waals surface area contributed by atoms with E-state index < -0.39 is 0 Å². The van der Waals surface area contributed by atoms with Gasteiger partial charge in [0, 0.05) is 19.1 Å². The van der Waals surface area contributed by atoms with Gasteiger partial charge < -0.3 is 10.5 Å². The van der Waals surface area contributed by atoms with Crippen molar-refractivity contribution in [2.24, 2.45) is 5.73 Å². The van der Waals surface area contributed by atoms with E-state index in [1.165, 1.54) is 45.1 Å². The number of nitrogens with zero attached hydrogens (tertiary/aromatic N) is 1. The second-order valence-corrected chi connectivity index (χ2v) is 5.34. The van der Waals surface area contributed by atoms with Crippen LogP contribution in [0, 0.1) is 0 Å². The molecule has 17 heavy (non-hydrogen) atoms. The molecule has 2 N–H and O–H groups in total. The van der Waals surface area contributed by atoms with Gasteiger partial charge in [0.05, 0.1) is 12.7 Å². The van der Waals surface area contributed by atoms with Crippen LogP contribution in [0.1, 0.15) is 52.4 Å². The van der Waals surface area contributed by atoms with Crippen LogP contribution in [0.15, 0.2) is 0 Å². The van der Waals surface area contributed by atoms with E-state index in [1.807, 2.05) is 6.92 Å². The van der Waals surface area contributed by atoms with Crippen molar-refractivity contribution in [2.75, 3.05) is 26.2 Å². The molecule has 0 bridgehead atoms. The summed E-state index contributed by atoms with van der Waals surface area (Å²) in [7, 11) is 0. The molecule has 0 spiro atoms. The van der Waals surface area contributed by atoms with Gasteiger partial charge in [0.25, 0.3) is 0 Å². The van der Waals surface area contributed by atoms with Gasteiger partial charge in [-0.05, 0) is 19.9 Å². The highest BCUT2D eigenvalue weighted by molar-refractivity contribution is 4.77. The normalized spacial score (nSPS) is 23.8. The zero-order valence-electron chi connectivity index (χ0n) is 11.7. The van der Waals surface area contributed by atoms with Gasteiger partial charge in [-0.25, -0.2) is 0 Å². The monoisotopic (exact) mass is 242 g/mol. The highest BCUT2D eigenvalue weighted by Gasteiger charge is 2.22. The topological polar surface area (TPSA) is 38.5 Å². The van der Waals surface area contributed by atoms with Crippen LogP contribution in [-0.4, -0.2) is 43.3 Å². The third-order valence-corrected chi connectivity index (χ3v) is 3.59. The summed E-state index contributed by atoms with van der Waals surface area (Å²) in [6.07, 6.45) is 8.47. The molecule has 0 amide bonds. The van der Waals surface area contributed by atoms with Crippen LogP contribution in [0.4, 0.5) is 0 Å². The van der Waals surface area contributed by atoms with E-state index in [9.17, 15) is 0 Å². The van der Waals surface area contributed by atoms with Gasteiger partial charge in [-0.15, -0.1) is 0 Å². The van der Waals surface area contributed by atoms with E-state index in [0.29, 0.717) is 0 Å². The van der Waals surface area contributed by atoms with Gasteiger partial charge in [0.15, 0.2) is 0 Å². The number of unbranched alkanes of at least 4 members (excludes halogenated alkanes) is 5. The average molecular weight is 242 g/mol. The molecular formula is C14H30N2O. The molecule has 102 valence electrons. The third-order valence-electron chi connectivity index (χ3n) is 3.59. The molecule has 1 heterocycles. The third kappa shape index (κ3) is 6.39. The van der Waals surface area contributed by atoms with Crippen LogP contribution in [0.3, 0.4) is 0 Å². The SMILES string of the molecule is CCCCCCCCN1CCOC(C(C)N)C1. The fourth-order valence-electron chi connectivity index (χ4n) is 2.37. The molecule has 2 atom stereocenters. The summed E-state index contributed by atoms with van der Waals surface area (Å²) in [5, 5.41) is 0. The first-order chi connectivity index (χ1) is 8.24. The number of morpholine rings is 1. The first kappa shape index (κ1) is 14.9. The van der Waals surface area contributed by atoms with E-state index in [-0.39, 0.29) is 12.1 Å². The van der Waals surface area contributed by atoms with E-state index in [1.54, 1.807) is 0 Å². The summed E-state index contributed by atoms with van der Waals surface area (Å²) in [4.78, 5) is 2.51. The van der Waals surface area contributed by atoms with Crippen molar-refractivity contribution in [1.82, 2.24) is 4.90 Å². The molecule has 3 heteroatoms. The van der Waals surface area contributed by atoms with Crippen LogP contribution in [0.5, 0.6) is 0 Å². The molecule has 1 aliphatic rings. The number of nitrogens with two attached hydrogens (primary N) is 1. The predicted octanol–water partition coefficient (Wildman–Crippen LogP) is 2.39. The maximum absolute atomic E-state index is 5.89.